The quantitative estimate of drug-likeness (QED) is 0.538. The first-order valence-corrected chi connectivity index (χ1v) is 8.43. The molecular formula is C20H14N2O3S. The van der Waals surface area contributed by atoms with E-state index in [9.17, 15) is 9.59 Å². The fourth-order valence-corrected chi connectivity index (χ4v) is 3.18. The van der Waals surface area contributed by atoms with Gasteiger partial charge in [-0.1, -0.05) is 36.4 Å². The van der Waals surface area contributed by atoms with E-state index in [0.717, 1.165) is 16.3 Å². The second kappa shape index (κ2) is 6.57. The lowest BCUT2D eigenvalue weighted by Crippen LogP contribution is -2.34. The first-order valence-electron chi connectivity index (χ1n) is 8.02. The summed E-state index contributed by atoms with van der Waals surface area (Å²) >= 11 is 5.24. The number of fused-ring (bicyclic) bond motifs is 2. The van der Waals surface area contributed by atoms with Crippen molar-refractivity contribution in [1.29, 1.82) is 0 Å². The van der Waals surface area contributed by atoms with Crippen molar-refractivity contribution in [2.45, 2.75) is 6.61 Å². The number of carbonyl (C=O) groups is 2. The van der Waals surface area contributed by atoms with Gasteiger partial charge in [0.2, 0.25) is 0 Å². The molecule has 2 N–H and O–H groups in total. The molecule has 0 saturated carbocycles. The van der Waals surface area contributed by atoms with Crippen molar-refractivity contribution in [2.75, 3.05) is 5.32 Å². The number of benzene rings is 3. The van der Waals surface area contributed by atoms with Crippen molar-refractivity contribution < 1.29 is 14.3 Å². The third kappa shape index (κ3) is 3.02. The number of thiocarbonyl (C=S) groups is 1. The lowest BCUT2D eigenvalue weighted by molar-refractivity contribution is 0.0535. The average Bonchev–Trinajstić information content (AvgIpc) is 3.01. The Hall–Kier alpha value is -3.25. The molecule has 1 heterocycles. The summed E-state index contributed by atoms with van der Waals surface area (Å²) in [5, 5.41) is 7.71. The highest BCUT2D eigenvalue weighted by Gasteiger charge is 2.21. The molecule has 0 atom stereocenters. The van der Waals surface area contributed by atoms with Crippen molar-refractivity contribution in [2.24, 2.45) is 0 Å². The number of anilines is 1. The molecule has 0 fully saturated rings. The summed E-state index contributed by atoms with van der Waals surface area (Å²) in [5.74, 6) is -0.600. The van der Waals surface area contributed by atoms with Crippen LogP contribution in [-0.4, -0.2) is 17.0 Å². The minimum atomic E-state index is -0.321. The Morgan fingerprint density at radius 3 is 2.73 bits per heavy atom. The van der Waals surface area contributed by atoms with Gasteiger partial charge in [0, 0.05) is 16.8 Å². The summed E-state index contributed by atoms with van der Waals surface area (Å²) in [7, 11) is 0. The minimum absolute atomic E-state index is 0.188. The number of amides is 1. The molecule has 1 aliphatic rings. The Morgan fingerprint density at radius 2 is 1.85 bits per heavy atom. The molecule has 0 unspecified atom stereocenters. The number of hydrogen-bond acceptors (Lipinski definition) is 4. The second-order valence-electron chi connectivity index (χ2n) is 5.88. The van der Waals surface area contributed by atoms with Crippen LogP contribution >= 0.6 is 12.2 Å². The Kier molecular flexibility index (Phi) is 4.10. The van der Waals surface area contributed by atoms with Gasteiger partial charge in [-0.2, -0.15) is 0 Å². The predicted octanol–water partition coefficient (Wildman–Crippen LogP) is 3.64. The molecule has 3 aromatic carbocycles. The van der Waals surface area contributed by atoms with Gasteiger partial charge in [0.15, 0.2) is 5.11 Å². The molecule has 1 amide bonds. The van der Waals surface area contributed by atoms with Gasteiger partial charge in [-0.25, -0.2) is 4.79 Å². The third-order valence-corrected chi connectivity index (χ3v) is 4.41. The lowest BCUT2D eigenvalue weighted by Gasteiger charge is -2.11. The number of esters is 1. The summed E-state index contributed by atoms with van der Waals surface area (Å²) in [6, 6.07) is 18.4. The minimum Gasteiger partial charge on any atom is -0.457 e. The van der Waals surface area contributed by atoms with E-state index in [1.165, 1.54) is 0 Å². The first kappa shape index (κ1) is 16.2. The summed E-state index contributed by atoms with van der Waals surface area (Å²) in [5.41, 5.74) is 2.59. The molecule has 1 aliphatic heterocycles. The summed E-state index contributed by atoms with van der Waals surface area (Å²) in [4.78, 5) is 24.1. The number of rotatable bonds is 2. The molecule has 6 heteroatoms. The average molecular weight is 362 g/mol. The lowest BCUT2D eigenvalue weighted by atomic mass is 10.0. The van der Waals surface area contributed by atoms with Crippen LogP contribution in [0.3, 0.4) is 0 Å². The molecule has 5 nitrogen and oxygen atoms in total. The van der Waals surface area contributed by atoms with E-state index < -0.39 is 0 Å². The SMILES string of the molecule is O=C1OCc2cc(NC(=S)NC(=O)c3cccc4ccccc34)ccc21. The zero-order chi connectivity index (χ0) is 18.1. The second-order valence-corrected chi connectivity index (χ2v) is 6.29. The molecule has 4 rings (SSSR count). The molecule has 0 saturated heterocycles. The van der Waals surface area contributed by atoms with Gasteiger partial charge in [0.1, 0.15) is 6.61 Å². The molecule has 0 radical (unpaired) electrons. The number of ether oxygens (including phenoxy) is 1. The maximum absolute atomic E-state index is 12.6. The van der Waals surface area contributed by atoms with Gasteiger partial charge in [-0.05, 0) is 47.3 Å². The van der Waals surface area contributed by atoms with Crippen molar-refractivity contribution in [3.05, 3.63) is 77.4 Å². The molecule has 0 aliphatic carbocycles. The van der Waals surface area contributed by atoms with E-state index in [2.05, 4.69) is 10.6 Å². The third-order valence-electron chi connectivity index (χ3n) is 4.20. The predicted molar refractivity (Wildman–Crippen MR) is 103 cm³/mol. The molecule has 0 spiro atoms. The molecule has 0 aromatic heterocycles. The molecular weight excluding hydrogens is 348 g/mol. The number of hydrogen-bond donors (Lipinski definition) is 2. The van der Waals surface area contributed by atoms with E-state index in [-0.39, 0.29) is 23.6 Å². The van der Waals surface area contributed by atoms with Gasteiger partial charge in [-0.15, -0.1) is 0 Å². The number of carbonyl (C=O) groups excluding carboxylic acids is 2. The topological polar surface area (TPSA) is 67.4 Å². The molecule has 26 heavy (non-hydrogen) atoms. The highest BCUT2D eigenvalue weighted by atomic mass is 32.1. The Bertz CT molecular complexity index is 1060. The highest BCUT2D eigenvalue weighted by molar-refractivity contribution is 7.80. The normalized spacial score (nSPS) is 12.4. The number of nitrogens with one attached hydrogen (secondary N) is 2. The van der Waals surface area contributed by atoms with Crippen LogP contribution in [-0.2, 0) is 11.3 Å². The monoisotopic (exact) mass is 362 g/mol. The Labute approximate surface area is 155 Å². The summed E-state index contributed by atoms with van der Waals surface area (Å²) < 4.78 is 4.98. The van der Waals surface area contributed by atoms with E-state index in [4.69, 9.17) is 17.0 Å². The van der Waals surface area contributed by atoms with Gasteiger partial charge in [0.25, 0.3) is 5.91 Å². The van der Waals surface area contributed by atoms with Gasteiger partial charge >= 0.3 is 5.97 Å². The fourth-order valence-electron chi connectivity index (χ4n) is 2.97. The Balaban J connectivity index is 1.50. The van der Waals surface area contributed by atoms with Crippen molar-refractivity contribution in [3.63, 3.8) is 0 Å². The Morgan fingerprint density at radius 1 is 1.04 bits per heavy atom. The van der Waals surface area contributed by atoms with Crippen molar-refractivity contribution >= 4 is 45.7 Å². The maximum atomic E-state index is 12.6. The van der Waals surface area contributed by atoms with Gasteiger partial charge in [-0.3, -0.25) is 10.1 Å². The first-order chi connectivity index (χ1) is 12.6. The van der Waals surface area contributed by atoms with Crippen LogP contribution in [0.4, 0.5) is 5.69 Å². The van der Waals surface area contributed by atoms with Gasteiger partial charge < -0.3 is 10.1 Å². The van der Waals surface area contributed by atoms with E-state index in [1.807, 2.05) is 36.4 Å². The summed E-state index contributed by atoms with van der Waals surface area (Å²) in [6.45, 7) is 0.249. The number of cyclic esters (lactones) is 1. The van der Waals surface area contributed by atoms with Gasteiger partial charge in [0.05, 0.1) is 5.56 Å². The summed E-state index contributed by atoms with van der Waals surface area (Å²) in [6.07, 6.45) is 0. The highest BCUT2D eigenvalue weighted by Crippen LogP contribution is 2.23. The van der Waals surface area contributed by atoms with Crippen molar-refractivity contribution in [1.82, 2.24) is 5.32 Å². The molecule has 3 aromatic rings. The van der Waals surface area contributed by atoms with Crippen molar-refractivity contribution in [3.8, 4) is 0 Å². The van der Waals surface area contributed by atoms with Crippen LogP contribution in [0.2, 0.25) is 0 Å². The zero-order valence-corrected chi connectivity index (χ0v) is 14.4. The largest absolute Gasteiger partial charge is 0.457 e. The van der Waals surface area contributed by atoms with Crippen LogP contribution in [0.25, 0.3) is 10.8 Å². The fraction of sp³-hybridized carbons (Fsp3) is 0.0500. The van der Waals surface area contributed by atoms with E-state index in [1.54, 1.807) is 24.3 Å². The van der Waals surface area contributed by atoms with Crippen LogP contribution in [0.15, 0.2) is 60.7 Å². The molecule has 0 bridgehead atoms. The van der Waals surface area contributed by atoms with Crippen LogP contribution in [0, 0.1) is 0 Å². The maximum Gasteiger partial charge on any atom is 0.338 e. The standard InChI is InChI=1S/C20H14N2O3S/c23-18(17-7-3-5-12-4-1-2-6-15(12)17)22-20(26)21-14-8-9-16-13(10-14)11-25-19(16)24/h1-10H,11H2,(H2,21,22,23,26). The van der Waals surface area contributed by atoms with E-state index in [0.29, 0.717) is 16.8 Å². The van der Waals surface area contributed by atoms with Crippen LogP contribution in [0.5, 0.6) is 0 Å². The van der Waals surface area contributed by atoms with E-state index >= 15 is 0 Å². The molecule has 128 valence electrons. The van der Waals surface area contributed by atoms with Crippen LogP contribution < -0.4 is 10.6 Å². The zero-order valence-electron chi connectivity index (χ0n) is 13.6. The smallest absolute Gasteiger partial charge is 0.338 e. The van der Waals surface area contributed by atoms with Crippen LogP contribution in [0.1, 0.15) is 26.3 Å².